The van der Waals surface area contributed by atoms with Crippen molar-refractivity contribution >= 4 is 27.5 Å². The molecule has 0 aliphatic heterocycles. The lowest BCUT2D eigenvalue weighted by atomic mass is 10.2. The van der Waals surface area contributed by atoms with E-state index in [0.29, 0.717) is 20.8 Å². The van der Waals surface area contributed by atoms with Crippen molar-refractivity contribution in [3.8, 4) is 5.75 Å². The molecule has 0 aliphatic carbocycles. The molecular weight excluding hydrogens is 306 g/mol. The van der Waals surface area contributed by atoms with Gasteiger partial charge in [-0.2, -0.15) is 0 Å². The summed E-state index contributed by atoms with van der Waals surface area (Å²) in [5, 5.41) is 0.596. The van der Waals surface area contributed by atoms with Gasteiger partial charge in [-0.3, -0.25) is 0 Å². The van der Waals surface area contributed by atoms with E-state index in [1.165, 1.54) is 6.07 Å². The first-order valence-electron chi connectivity index (χ1n) is 4.97. The van der Waals surface area contributed by atoms with Crippen LogP contribution in [0.3, 0.4) is 0 Å². The fourth-order valence-corrected chi connectivity index (χ4v) is 1.87. The van der Waals surface area contributed by atoms with Crippen molar-refractivity contribution in [1.82, 2.24) is 0 Å². The van der Waals surface area contributed by atoms with Crippen LogP contribution < -0.4 is 4.74 Å². The van der Waals surface area contributed by atoms with Gasteiger partial charge in [-0.1, -0.05) is 39.7 Å². The molecule has 88 valence electrons. The summed E-state index contributed by atoms with van der Waals surface area (Å²) in [5.41, 5.74) is 0.508. The Balaban J connectivity index is 2.07. The molecule has 0 bridgehead atoms. The number of benzene rings is 2. The summed E-state index contributed by atoms with van der Waals surface area (Å²) in [6, 6.07) is 11.9. The van der Waals surface area contributed by atoms with Crippen molar-refractivity contribution in [2.75, 3.05) is 0 Å². The molecule has 0 unspecified atom stereocenters. The maximum absolute atomic E-state index is 13.5. The minimum Gasteiger partial charge on any atom is -0.489 e. The lowest BCUT2D eigenvalue weighted by molar-refractivity contribution is 0.300. The third-order valence-electron chi connectivity index (χ3n) is 2.21. The number of hydrogen-bond donors (Lipinski definition) is 0. The Bertz CT molecular complexity index is 531. The van der Waals surface area contributed by atoms with E-state index in [9.17, 15) is 4.39 Å². The van der Waals surface area contributed by atoms with Crippen LogP contribution in [0.4, 0.5) is 4.39 Å². The smallest absolute Gasteiger partial charge is 0.130 e. The third-order valence-corrected chi connectivity index (χ3v) is 2.93. The highest BCUT2D eigenvalue weighted by molar-refractivity contribution is 9.10. The zero-order valence-corrected chi connectivity index (χ0v) is 11.1. The van der Waals surface area contributed by atoms with Crippen molar-refractivity contribution in [2.24, 2.45) is 0 Å². The topological polar surface area (TPSA) is 9.23 Å². The van der Waals surface area contributed by atoms with E-state index in [2.05, 4.69) is 15.9 Å². The first-order chi connectivity index (χ1) is 8.15. The molecule has 17 heavy (non-hydrogen) atoms. The number of halogens is 3. The van der Waals surface area contributed by atoms with Crippen LogP contribution in [0.25, 0.3) is 0 Å². The minimum absolute atomic E-state index is 0.180. The van der Waals surface area contributed by atoms with E-state index >= 15 is 0 Å². The van der Waals surface area contributed by atoms with Crippen LogP contribution in [-0.2, 0) is 6.61 Å². The van der Waals surface area contributed by atoms with Crippen molar-refractivity contribution in [3.05, 3.63) is 63.3 Å². The molecule has 0 spiro atoms. The van der Waals surface area contributed by atoms with Crippen LogP contribution in [0.5, 0.6) is 5.75 Å². The summed E-state index contributed by atoms with van der Waals surface area (Å²) in [7, 11) is 0. The van der Waals surface area contributed by atoms with Gasteiger partial charge in [0.1, 0.15) is 18.2 Å². The molecule has 0 atom stereocenters. The van der Waals surface area contributed by atoms with E-state index in [4.69, 9.17) is 16.3 Å². The Kier molecular flexibility index (Phi) is 4.02. The Morgan fingerprint density at radius 3 is 2.71 bits per heavy atom. The zero-order valence-electron chi connectivity index (χ0n) is 8.79. The fourth-order valence-electron chi connectivity index (χ4n) is 1.36. The fraction of sp³-hybridized carbons (Fsp3) is 0.0769. The normalized spacial score (nSPS) is 10.3. The highest BCUT2D eigenvalue weighted by Gasteiger charge is 2.03. The molecule has 0 radical (unpaired) electrons. The summed E-state index contributed by atoms with van der Waals surface area (Å²) < 4.78 is 19.7. The van der Waals surface area contributed by atoms with Crippen LogP contribution in [-0.4, -0.2) is 0 Å². The average molecular weight is 316 g/mol. The van der Waals surface area contributed by atoms with Gasteiger partial charge in [-0.15, -0.1) is 0 Å². The van der Waals surface area contributed by atoms with Crippen LogP contribution in [0.2, 0.25) is 5.02 Å². The van der Waals surface area contributed by atoms with Gasteiger partial charge in [0.2, 0.25) is 0 Å². The molecule has 0 amide bonds. The minimum atomic E-state index is -0.290. The average Bonchev–Trinajstić information content (AvgIpc) is 2.28. The summed E-state index contributed by atoms with van der Waals surface area (Å²) >= 11 is 9.02. The molecule has 0 saturated heterocycles. The number of hydrogen-bond acceptors (Lipinski definition) is 1. The van der Waals surface area contributed by atoms with Gasteiger partial charge < -0.3 is 4.74 Å². The van der Waals surface area contributed by atoms with Crippen molar-refractivity contribution in [3.63, 3.8) is 0 Å². The van der Waals surface area contributed by atoms with Gasteiger partial charge in [0.05, 0.1) is 0 Å². The summed E-state index contributed by atoms with van der Waals surface area (Å²) in [6.07, 6.45) is 0. The summed E-state index contributed by atoms with van der Waals surface area (Å²) in [5.74, 6) is 0.334. The molecule has 0 heterocycles. The van der Waals surface area contributed by atoms with E-state index in [0.717, 1.165) is 0 Å². The molecule has 2 aromatic rings. The summed E-state index contributed by atoms with van der Waals surface area (Å²) in [4.78, 5) is 0. The molecule has 0 saturated carbocycles. The second-order valence-corrected chi connectivity index (χ2v) is 4.83. The first kappa shape index (κ1) is 12.4. The number of ether oxygens (including phenoxy) is 1. The van der Waals surface area contributed by atoms with Crippen molar-refractivity contribution in [2.45, 2.75) is 6.61 Å². The highest BCUT2D eigenvalue weighted by Crippen LogP contribution is 2.20. The lowest BCUT2D eigenvalue weighted by Crippen LogP contribution is -1.98. The van der Waals surface area contributed by atoms with Gasteiger partial charge in [-0.25, -0.2) is 4.39 Å². The molecule has 2 rings (SSSR count). The maximum Gasteiger partial charge on any atom is 0.130 e. The van der Waals surface area contributed by atoms with Gasteiger partial charge >= 0.3 is 0 Å². The Morgan fingerprint density at radius 2 is 2.00 bits per heavy atom. The molecule has 0 aliphatic rings. The predicted molar refractivity (Wildman–Crippen MR) is 69.9 cm³/mol. The lowest BCUT2D eigenvalue weighted by Gasteiger charge is -2.07. The molecule has 0 N–H and O–H groups in total. The molecule has 0 fully saturated rings. The first-order valence-corrected chi connectivity index (χ1v) is 6.14. The van der Waals surface area contributed by atoms with E-state index < -0.39 is 0 Å². The van der Waals surface area contributed by atoms with Gasteiger partial charge in [-0.05, 0) is 30.3 Å². The SMILES string of the molecule is Fc1cc(Br)ccc1COc1cccc(Cl)c1. The monoisotopic (exact) mass is 314 g/mol. The Hall–Kier alpha value is -1.06. The molecule has 4 heteroatoms. The van der Waals surface area contributed by atoms with Gasteiger partial charge in [0.25, 0.3) is 0 Å². The Labute approximate surface area is 112 Å². The van der Waals surface area contributed by atoms with E-state index in [1.807, 2.05) is 0 Å². The number of rotatable bonds is 3. The quantitative estimate of drug-likeness (QED) is 0.789. The highest BCUT2D eigenvalue weighted by atomic mass is 79.9. The third kappa shape index (κ3) is 3.45. The zero-order chi connectivity index (χ0) is 12.3. The van der Waals surface area contributed by atoms with Crippen LogP contribution >= 0.6 is 27.5 Å². The second kappa shape index (κ2) is 5.52. The van der Waals surface area contributed by atoms with Crippen LogP contribution in [0.15, 0.2) is 46.9 Å². The van der Waals surface area contributed by atoms with Crippen LogP contribution in [0, 0.1) is 5.82 Å². The van der Waals surface area contributed by atoms with E-state index in [-0.39, 0.29) is 12.4 Å². The molecule has 0 aromatic heterocycles. The standard InChI is InChI=1S/C13H9BrClFO/c14-10-5-4-9(13(16)6-10)8-17-12-3-1-2-11(15)7-12/h1-7H,8H2. The van der Waals surface area contributed by atoms with E-state index in [1.54, 1.807) is 36.4 Å². The maximum atomic E-state index is 13.5. The Morgan fingerprint density at radius 1 is 1.18 bits per heavy atom. The molecule has 1 nitrogen and oxygen atoms in total. The largest absolute Gasteiger partial charge is 0.489 e. The van der Waals surface area contributed by atoms with Crippen molar-refractivity contribution < 1.29 is 9.13 Å². The second-order valence-electron chi connectivity index (χ2n) is 3.48. The summed E-state index contributed by atoms with van der Waals surface area (Å²) in [6.45, 7) is 0.180. The molecular formula is C13H9BrClFO. The van der Waals surface area contributed by atoms with Crippen molar-refractivity contribution in [1.29, 1.82) is 0 Å². The van der Waals surface area contributed by atoms with Gasteiger partial charge in [0.15, 0.2) is 0 Å². The predicted octanol–water partition coefficient (Wildman–Crippen LogP) is 4.82. The molecule has 2 aromatic carbocycles. The van der Waals surface area contributed by atoms with Crippen LogP contribution in [0.1, 0.15) is 5.56 Å². The van der Waals surface area contributed by atoms with Gasteiger partial charge in [0, 0.05) is 15.1 Å².